The van der Waals surface area contributed by atoms with Crippen molar-refractivity contribution in [3.8, 4) is 11.5 Å². The van der Waals surface area contributed by atoms with E-state index >= 15 is 0 Å². The highest BCUT2D eigenvalue weighted by Crippen LogP contribution is 2.30. The first-order valence-electron chi connectivity index (χ1n) is 9.53. The molecule has 0 bridgehead atoms. The van der Waals surface area contributed by atoms with Crippen molar-refractivity contribution in [2.24, 2.45) is 0 Å². The SMILES string of the molecule is COc1ccc(S(=O)(=O)N2CCCC2)cc1NC(=O)C(C)Oc1cccc(C)c1. The number of anilines is 1. The van der Waals surface area contributed by atoms with Gasteiger partial charge in [-0.1, -0.05) is 12.1 Å². The molecule has 0 aliphatic carbocycles. The predicted molar refractivity (Wildman–Crippen MR) is 111 cm³/mol. The Labute approximate surface area is 171 Å². The summed E-state index contributed by atoms with van der Waals surface area (Å²) in [5.74, 6) is 0.562. The molecule has 29 heavy (non-hydrogen) atoms. The average Bonchev–Trinajstić information content (AvgIpc) is 3.23. The third-order valence-electron chi connectivity index (χ3n) is 4.80. The van der Waals surface area contributed by atoms with Crippen LogP contribution in [0.1, 0.15) is 25.3 Å². The van der Waals surface area contributed by atoms with Gasteiger partial charge in [0, 0.05) is 13.1 Å². The number of nitrogens with zero attached hydrogens (tertiary/aromatic N) is 1. The van der Waals surface area contributed by atoms with E-state index in [1.807, 2.05) is 25.1 Å². The summed E-state index contributed by atoms with van der Waals surface area (Å²) in [4.78, 5) is 12.8. The molecule has 3 rings (SSSR count). The van der Waals surface area contributed by atoms with Gasteiger partial charge in [0.05, 0.1) is 17.7 Å². The van der Waals surface area contributed by atoms with Crippen LogP contribution in [0.25, 0.3) is 0 Å². The molecule has 1 aliphatic rings. The fourth-order valence-electron chi connectivity index (χ4n) is 3.20. The molecule has 1 aliphatic heterocycles. The zero-order valence-corrected chi connectivity index (χ0v) is 17.7. The van der Waals surface area contributed by atoms with Gasteiger partial charge in [-0.25, -0.2) is 8.42 Å². The van der Waals surface area contributed by atoms with E-state index in [0.29, 0.717) is 24.6 Å². The third kappa shape index (κ3) is 4.89. The zero-order chi connectivity index (χ0) is 21.0. The molecule has 2 aromatic rings. The molecule has 0 saturated carbocycles. The van der Waals surface area contributed by atoms with Gasteiger partial charge in [0.2, 0.25) is 10.0 Å². The maximum Gasteiger partial charge on any atom is 0.265 e. The highest BCUT2D eigenvalue weighted by molar-refractivity contribution is 7.89. The predicted octanol–water partition coefficient (Wildman–Crippen LogP) is 3.19. The molecule has 1 atom stereocenters. The maximum absolute atomic E-state index is 12.8. The normalized spacial score (nSPS) is 15.7. The quantitative estimate of drug-likeness (QED) is 0.746. The van der Waals surface area contributed by atoms with Crippen molar-refractivity contribution in [2.75, 3.05) is 25.5 Å². The molecule has 1 amide bonds. The number of amides is 1. The summed E-state index contributed by atoms with van der Waals surface area (Å²) < 4.78 is 38.1. The molecule has 0 aromatic heterocycles. The first kappa shape index (κ1) is 21.1. The lowest BCUT2D eigenvalue weighted by Crippen LogP contribution is -2.31. The summed E-state index contributed by atoms with van der Waals surface area (Å²) in [5, 5.41) is 2.73. The Morgan fingerprint density at radius 1 is 1.14 bits per heavy atom. The number of sulfonamides is 1. The van der Waals surface area contributed by atoms with E-state index in [-0.39, 0.29) is 10.6 Å². The number of aryl methyl sites for hydroxylation is 1. The van der Waals surface area contributed by atoms with E-state index in [1.54, 1.807) is 19.1 Å². The van der Waals surface area contributed by atoms with Crippen LogP contribution in [-0.4, -0.2) is 44.9 Å². The second-order valence-corrected chi connectivity index (χ2v) is 8.98. The van der Waals surface area contributed by atoms with Crippen LogP contribution in [0.15, 0.2) is 47.4 Å². The van der Waals surface area contributed by atoms with Crippen LogP contribution in [0.2, 0.25) is 0 Å². The highest BCUT2D eigenvalue weighted by Gasteiger charge is 2.28. The van der Waals surface area contributed by atoms with Crippen LogP contribution in [0.4, 0.5) is 5.69 Å². The van der Waals surface area contributed by atoms with Crippen LogP contribution < -0.4 is 14.8 Å². The lowest BCUT2D eigenvalue weighted by atomic mass is 10.2. The van der Waals surface area contributed by atoms with Crippen molar-refractivity contribution >= 4 is 21.6 Å². The summed E-state index contributed by atoms with van der Waals surface area (Å²) in [5.41, 5.74) is 1.31. The van der Waals surface area contributed by atoms with Gasteiger partial charge in [-0.3, -0.25) is 4.79 Å². The minimum atomic E-state index is -3.60. The first-order chi connectivity index (χ1) is 13.8. The number of carbonyl (C=O) groups excluding carboxylic acids is 1. The van der Waals surface area contributed by atoms with Gasteiger partial charge in [-0.15, -0.1) is 0 Å². The van der Waals surface area contributed by atoms with E-state index in [1.165, 1.54) is 23.5 Å². The molecule has 8 heteroatoms. The van der Waals surface area contributed by atoms with Crippen molar-refractivity contribution in [3.63, 3.8) is 0 Å². The summed E-state index contributed by atoms with van der Waals surface area (Å²) >= 11 is 0. The summed E-state index contributed by atoms with van der Waals surface area (Å²) in [6.45, 7) is 4.60. The number of rotatable bonds is 7. The lowest BCUT2D eigenvalue weighted by molar-refractivity contribution is -0.122. The van der Waals surface area contributed by atoms with Crippen LogP contribution in [0.5, 0.6) is 11.5 Å². The second kappa shape index (κ2) is 8.84. The Kier molecular flexibility index (Phi) is 6.44. The number of nitrogens with one attached hydrogen (secondary N) is 1. The molecule has 1 unspecified atom stereocenters. The van der Waals surface area contributed by atoms with Crippen molar-refractivity contribution in [3.05, 3.63) is 48.0 Å². The van der Waals surface area contributed by atoms with E-state index in [4.69, 9.17) is 9.47 Å². The van der Waals surface area contributed by atoms with E-state index < -0.39 is 22.0 Å². The van der Waals surface area contributed by atoms with Gasteiger partial charge < -0.3 is 14.8 Å². The standard InChI is InChI=1S/C21H26N2O5S/c1-15-7-6-8-17(13-15)28-16(2)21(24)22-19-14-18(9-10-20(19)27-3)29(25,26)23-11-4-5-12-23/h6-10,13-14,16H,4-5,11-12H2,1-3H3,(H,22,24). The minimum absolute atomic E-state index is 0.128. The zero-order valence-electron chi connectivity index (χ0n) is 16.8. The van der Waals surface area contributed by atoms with Gasteiger partial charge in [0.25, 0.3) is 5.91 Å². The van der Waals surface area contributed by atoms with Crippen molar-refractivity contribution in [2.45, 2.75) is 37.7 Å². The van der Waals surface area contributed by atoms with Crippen LogP contribution >= 0.6 is 0 Å². The van der Waals surface area contributed by atoms with Crippen LogP contribution in [0, 0.1) is 6.92 Å². The molecule has 0 radical (unpaired) electrons. The van der Waals surface area contributed by atoms with Crippen molar-refractivity contribution in [1.29, 1.82) is 0 Å². The third-order valence-corrected chi connectivity index (χ3v) is 6.70. The molecule has 2 aromatic carbocycles. The van der Waals surface area contributed by atoms with Crippen LogP contribution in [0.3, 0.4) is 0 Å². The number of benzene rings is 2. The highest BCUT2D eigenvalue weighted by atomic mass is 32.2. The fourth-order valence-corrected chi connectivity index (χ4v) is 4.75. The first-order valence-corrected chi connectivity index (χ1v) is 11.0. The Morgan fingerprint density at radius 2 is 1.86 bits per heavy atom. The molecule has 1 heterocycles. The summed E-state index contributed by atoms with van der Waals surface area (Å²) in [7, 11) is -2.14. The Morgan fingerprint density at radius 3 is 2.52 bits per heavy atom. The molecule has 1 saturated heterocycles. The van der Waals surface area contributed by atoms with Gasteiger partial charge in [0.1, 0.15) is 11.5 Å². The number of hydrogen-bond donors (Lipinski definition) is 1. The van der Waals surface area contributed by atoms with E-state index in [2.05, 4.69) is 5.32 Å². The van der Waals surface area contributed by atoms with Crippen LogP contribution in [-0.2, 0) is 14.8 Å². The Hall–Kier alpha value is -2.58. The van der Waals surface area contributed by atoms with Crippen molar-refractivity contribution in [1.82, 2.24) is 4.31 Å². The Balaban J connectivity index is 1.79. The van der Waals surface area contributed by atoms with Gasteiger partial charge in [-0.2, -0.15) is 4.31 Å². The molecule has 1 fully saturated rings. The fraction of sp³-hybridized carbons (Fsp3) is 0.381. The summed E-state index contributed by atoms with van der Waals surface area (Å²) in [6.07, 6.45) is 0.930. The monoisotopic (exact) mass is 418 g/mol. The maximum atomic E-state index is 12.8. The molecule has 1 N–H and O–H groups in total. The second-order valence-electron chi connectivity index (χ2n) is 7.04. The van der Waals surface area contributed by atoms with Gasteiger partial charge in [0.15, 0.2) is 6.10 Å². The topological polar surface area (TPSA) is 84.9 Å². The molecule has 0 spiro atoms. The number of methoxy groups -OCH3 is 1. The lowest BCUT2D eigenvalue weighted by Gasteiger charge is -2.19. The largest absolute Gasteiger partial charge is 0.495 e. The number of ether oxygens (including phenoxy) is 2. The van der Waals surface area contributed by atoms with Gasteiger partial charge >= 0.3 is 0 Å². The van der Waals surface area contributed by atoms with Crippen molar-refractivity contribution < 1.29 is 22.7 Å². The molecule has 7 nitrogen and oxygen atoms in total. The number of hydrogen-bond acceptors (Lipinski definition) is 5. The Bertz CT molecular complexity index is 984. The average molecular weight is 419 g/mol. The number of carbonyl (C=O) groups is 1. The molecular formula is C21H26N2O5S. The molecule has 156 valence electrons. The minimum Gasteiger partial charge on any atom is -0.495 e. The van der Waals surface area contributed by atoms with E-state index in [9.17, 15) is 13.2 Å². The van der Waals surface area contributed by atoms with Gasteiger partial charge in [-0.05, 0) is 62.6 Å². The van der Waals surface area contributed by atoms with E-state index in [0.717, 1.165) is 18.4 Å². The summed E-state index contributed by atoms with van der Waals surface area (Å²) in [6, 6.07) is 11.9. The smallest absolute Gasteiger partial charge is 0.265 e. The molecular weight excluding hydrogens is 392 g/mol.